The van der Waals surface area contributed by atoms with Crippen LogP contribution in [0.4, 0.5) is 0 Å². The van der Waals surface area contributed by atoms with E-state index in [0.717, 1.165) is 23.8 Å². The number of hydrogen-bond donors (Lipinski definition) is 1. The summed E-state index contributed by atoms with van der Waals surface area (Å²) in [5, 5.41) is 3.26. The van der Waals surface area contributed by atoms with Crippen LogP contribution in [0.5, 0.6) is 5.75 Å². The fraction of sp³-hybridized carbons (Fsp3) is 0.611. The monoisotopic (exact) mass is 510 g/mol. The van der Waals surface area contributed by atoms with Gasteiger partial charge in [0.2, 0.25) is 10.0 Å². The second-order valence-corrected chi connectivity index (χ2v) is 8.33. The molecule has 154 valence electrons. The van der Waals surface area contributed by atoms with Crippen LogP contribution in [0.25, 0.3) is 0 Å². The lowest BCUT2D eigenvalue weighted by molar-refractivity contribution is 0.340. The summed E-state index contributed by atoms with van der Waals surface area (Å²) in [5.74, 6) is 1.90. The summed E-state index contributed by atoms with van der Waals surface area (Å²) in [6.07, 6.45) is 0.712. The van der Waals surface area contributed by atoms with Crippen LogP contribution < -0.4 is 10.1 Å². The van der Waals surface area contributed by atoms with Gasteiger partial charge < -0.3 is 15.0 Å². The molecule has 1 saturated heterocycles. The van der Waals surface area contributed by atoms with Gasteiger partial charge in [-0.25, -0.2) is 12.7 Å². The second-order valence-electron chi connectivity index (χ2n) is 6.24. The largest absolute Gasteiger partial charge is 0.494 e. The topological polar surface area (TPSA) is 74.2 Å². The van der Waals surface area contributed by atoms with E-state index in [2.05, 4.69) is 10.3 Å². The van der Waals surface area contributed by atoms with Crippen molar-refractivity contribution in [3.05, 3.63) is 29.8 Å². The highest BCUT2D eigenvalue weighted by atomic mass is 127. The molecule has 1 fully saturated rings. The number of guanidine groups is 1. The number of nitrogens with zero attached hydrogens (tertiary/aromatic N) is 3. The van der Waals surface area contributed by atoms with Crippen molar-refractivity contribution in [2.24, 2.45) is 4.99 Å². The number of halogens is 1. The van der Waals surface area contributed by atoms with Crippen LogP contribution in [0.2, 0.25) is 0 Å². The van der Waals surface area contributed by atoms with Crippen LogP contribution in [0.1, 0.15) is 25.8 Å². The number of nitrogens with one attached hydrogen (secondary N) is 1. The minimum atomic E-state index is -3.06. The molecule has 0 aromatic heterocycles. The summed E-state index contributed by atoms with van der Waals surface area (Å²) in [4.78, 5) is 6.63. The van der Waals surface area contributed by atoms with Crippen molar-refractivity contribution in [1.29, 1.82) is 0 Å². The van der Waals surface area contributed by atoms with Crippen molar-refractivity contribution in [3.8, 4) is 5.75 Å². The lowest BCUT2D eigenvalue weighted by atomic mass is 10.2. The van der Waals surface area contributed by atoms with E-state index in [1.165, 1.54) is 4.31 Å². The Bertz CT molecular complexity index is 695. The molecule has 0 saturated carbocycles. The predicted octanol–water partition coefficient (Wildman–Crippen LogP) is 2.14. The molecule has 0 radical (unpaired) electrons. The first kappa shape index (κ1) is 24.0. The Balaban J connectivity index is 0.00000364. The number of ether oxygens (including phenoxy) is 1. The molecular formula is C18H31IN4O3S. The zero-order chi connectivity index (χ0) is 19.0. The van der Waals surface area contributed by atoms with Gasteiger partial charge in [-0.15, -0.1) is 24.0 Å². The van der Waals surface area contributed by atoms with Gasteiger partial charge in [-0.2, -0.15) is 0 Å². The molecule has 0 unspecified atom stereocenters. The highest BCUT2D eigenvalue weighted by Crippen LogP contribution is 2.14. The number of rotatable bonds is 8. The van der Waals surface area contributed by atoms with Crippen LogP contribution in [-0.4, -0.2) is 69.2 Å². The fourth-order valence-electron chi connectivity index (χ4n) is 2.89. The Morgan fingerprint density at radius 3 is 2.56 bits per heavy atom. The molecular weight excluding hydrogens is 479 g/mol. The third-order valence-electron chi connectivity index (χ3n) is 4.16. The Hall–Kier alpha value is -1.07. The summed E-state index contributed by atoms with van der Waals surface area (Å²) in [5.41, 5.74) is 1.16. The first-order valence-corrected chi connectivity index (χ1v) is 10.8. The van der Waals surface area contributed by atoms with Crippen molar-refractivity contribution in [1.82, 2.24) is 14.5 Å². The number of sulfonamides is 1. The van der Waals surface area contributed by atoms with E-state index in [0.29, 0.717) is 39.2 Å². The van der Waals surface area contributed by atoms with Crippen LogP contribution in [0.15, 0.2) is 29.3 Å². The smallest absolute Gasteiger partial charge is 0.214 e. The standard InChI is InChI=1S/C18H30N4O3S.HI/c1-4-19-18(20-11-13-22-12-6-14-26(22,23)24)21(3)15-16-7-9-17(10-8-16)25-5-2;/h7-10H,4-6,11-15H2,1-3H3,(H,19,20);1H. The SMILES string of the molecule is CCNC(=NCCN1CCCS1(=O)=O)N(C)Cc1ccc(OCC)cc1.I. The molecule has 1 aliphatic heterocycles. The van der Waals surface area contributed by atoms with Gasteiger partial charge in [0.05, 0.1) is 18.9 Å². The van der Waals surface area contributed by atoms with E-state index in [-0.39, 0.29) is 29.7 Å². The molecule has 0 amide bonds. The Labute approximate surface area is 180 Å². The Morgan fingerprint density at radius 1 is 1.30 bits per heavy atom. The zero-order valence-corrected chi connectivity index (χ0v) is 19.5. The molecule has 7 nitrogen and oxygen atoms in total. The summed E-state index contributed by atoms with van der Waals surface area (Å²) in [7, 11) is -1.08. The van der Waals surface area contributed by atoms with E-state index >= 15 is 0 Å². The average molecular weight is 510 g/mol. The Morgan fingerprint density at radius 2 is 2.00 bits per heavy atom. The van der Waals surface area contributed by atoms with Gasteiger partial charge in [0.25, 0.3) is 0 Å². The molecule has 1 aromatic carbocycles. The second kappa shape index (κ2) is 11.7. The molecule has 1 aromatic rings. The van der Waals surface area contributed by atoms with E-state index in [4.69, 9.17) is 4.74 Å². The van der Waals surface area contributed by atoms with Crippen molar-refractivity contribution in [3.63, 3.8) is 0 Å². The maximum absolute atomic E-state index is 11.9. The van der Waals surface area contributed by atoms with Gasteiger partial charge in [-0.3, -0.25) is 4.99 Å². The van der Waals surface area contributed by atoms with Crippen LogP contribution >= 0.6 is 24.0 Å². The molecule has 0 bridgehead atoms. The van der Waals surface area contributed by atoms with Gasteiger partial charge in [0.15, 0.2) is 5.96 Å². The average Bonchev–Trinajstić information content (AvgIpc) is 2.94. The fourth-order valence-corrected chi connectivity index (χ4v) is 4.41. The first-order chi connectivity index (χ1) is 12.5. The molecule has 9 heteroatoms. The third kappa shape index (κ3) is 7.46. The predicted molar refractivity (Wildman–Crippen MR) is 120 cm³/mol. The van der Waals surface area contributed by atoms with Crippen molar-refractivity contribution >= 4 is 40.0 Å². The lowest BCUT2D eigenvalue weighted by Crippen LogP contribution is -2.39. The summed E-state index contributed by atoms with van der Waals surface area (Å²) in [6, 6.07) is 8.02. The number of aliphatic imine (C=N–C) groups is 1. The molecule has 0 aliphatic carbocycles. The van der Waals surface area contributed by atoms with Gasteiger partial charge in [0.1, 0.15) is 5.75 Å². The lowest BCUT2D eigenvalue weighted by Gasteiger charge is -2.22. The Kier molecular flexibility index (Phi) is 10.4. The minimum Gasteiger partial charge on any atom is -0.494 e. The van der Waals surface area contributed by atoms with Crippen LogP contribution in [0, 0.1) is 0 Å². The molecule has 27 heavy (non-hydrogen) atoms. The summed E-state index contributed by atoms with van der Waals surface area (Å²) in [6.45, 7) is 7.61. The number of hydrogen-bond acceptors (Lipinski definition) is 4. The molecule has 0 atom stereocenters. The van der Waals surface area contributed by atoms with Gasteiger partial charge >= 0.3 is 0 Å². The van der Waals surface area contributed by atoms with Crippen LogP contribution in [0.3, 0.4) is 0 Å². The molecule has 0 spiro atoms. The molecule has 1 N–H and O–H groups in total. The van der Waals surface area contributed by atoms with Gasteiger partial charge in [-0.1, -0.05) is 12.1 Å². The van der Waals surface area contributed by atoms with Crippen molar-refractivity contribution in [2.75, 3.05) is 45.6 Å². The highest BCUT2D eigenvalue weighted by Gasteiger charge is 2.27. The van der Waals surface area contributed by atoms with E-state index in [1.807, 2.05) is 50.1 Å². The molecule has 2 rings (SSSR count). The maximum Gasteiger partial charge on any atom is 0.214 e. The quantitative estimate of drug-likeness (QED) is 0.330. The minimum absolute atomic E-state index is 0. The maximum atomic E-state index is 11.9. The van der Waals surface area contributed by atoms with Crippen molar-refractivity contribution < 1.29 is 13.2 Å². The molecule has 1 aliphatic rings. The van der Waals surface area contributed by atoms with Gasteiger partial charge in [0, 0.05) is 33.2 Å². The molecule has 1 heterocycles. The highest BCUT2D eigenvalue weighted by molar-refractivity contribution is 14.0. The van der Waals surface area contributed by atoms with Gasteiger partial charge in [-0.05, 0) is 38.0 Å². The van der Waals surface area contributed by atoms with E-state index in [9.17, 15) is 8.42 Å². The van der Waals surface area contributed by atoms with Crippen molar-refractivity contribution in [2.45, 2.75) is 26.8 Å². The van der Waals surface area contributed by atoms with Crippen LogP contribution in [-0.2, 0) is 16.6 Å². The number of benzene rings is 1. The summed E-state index contributed by atoms with van der Waals surface area (Å²) >= 11 is 0. The normalized spacial score (nSPS) is 16.6. The van der Waals surface area contributed by atoms with E-state index < -0.39 is 10.0 Å². The summed E-state index contributed by atoms with van der Waals surface area (Å²) < 4.78 is 30.7. The third-order valence-corrected chi connectivity index (χ3v) is 6.12. The first-order valence-electron chi connectivity index (χ1n) is 9.15. The zero-order valence-electron chi connectivity index (χ0n) is 16.3. The van der Waals surface area contributed by atoms with E-state index in [1.54, 1.807) is 0 Å².